The van der Waals surface area contributed by atoms with Crippen LogP contribution in [0.1, 0.15) is 42.2 Å². The second-order valence-corrected chi connectivity index (χ2v) is 7.94. The SMILES string of the molecule is COc1ccccc1CNC(=O)COC(=O)c1cc(CN2C(=O)c3ccccc3C2=O)ccc1OC. The van der Waals surface area contributed by atoms with Crippen LogP contribution < -0.4 is 14.8 Å². The average molecular weight is 488 g/mol. The predicted octanol–water partition coefficient (Wildman–Crippen LogP) is 2.97. The van der Waals surface area contributed by atoms with Crippen molar-refractivity contribution in [1.82, 2.24) is 10.2 Å². The smallest absolute Gasteiger partial charge is 0.342 e. The van der Waals surface area contributed by atoms with Crippen molar-refractivity contribution < 1.29 is 33.4 Å². The third-order valence-electron chi connectivity index (χ3n) is 5.71. The molecule has 0 atom stereocenters. The van der Waals surface area contributed by atoms with Gasteiger partial charge in [-0.15, -0.1) is 0 Å². The lowest BCUT2D eigenvalue weighted by atomic mass is 10.1. The fourth-order valence-electron chi connectivity index (χ4n) is 3.88. The summed E-state index contributed by atoms with van der Waals surface area (Å²) >= 11 is 0. The summed E-state index contributed by atoms with van der Waals surface area (Å²) in [5.74, 6) is -1.20. The maximum absolute atomic E-state index is 12.8. The number of nitrogens with zero attached hydrogens (tertiary/aromatic N) is 1. The molecule has 0 fully saturated rings. The van der Waals surface area contributed by atoms with Crippen molar-refractivity contribution in [1.29, 1.82) is 0 Å². The van der Waals surface area contributed by atoms with E-state index in [1.54, 1.807) is 42.5 Å². The van der Waals surface area contributed by atoms with Crippen molar-refractivity contribution >= 4 is 23.7 Å². The highest BCUT2D eigenvalue weighted by Gasteiger charge is 2.35. The number of methoxy groups -OCH3 is 2. The summed E-state index contributed by atoms with van der Waals surface area (Å²) in [6.07, 6.45) is 0. The van der Waals surface area contributed by atoms with Gasteiger partial charge in [-0.2, -0.15) is 0 Å². The normalized spacial score (nSPS) is 12.2. The van der Waals surface area contributed by atoms with Crippen LogP contribution in [0.4, 0.5) is 0 Å². The van der Waals surface area contributed by atoms with Gasteiger partial charge in [0.25, 0.3) is 17.7 Å². The van der Waals surface area contributed by atoms with Gasteiger partial charge >= 0.3 is 5.97 Å². The Morgan fingerprint density at radius 1 is 0.833 bits per heavy atom. The molecule has 3 amide bonds. The van der Waals surface area contributed by atoms with E-state index in [2.05, 4.69) is 5.32 Å². The number of benzene rings is 3. The van der Waals surface area contributed by atoms with Crippen LogP contribution in [-0.2, 0) is 22.6 Å². The van der Waals surface area contributed by atoms with Crippen LogP contribution in [0.3, 0.4) is 0 Å². The molecule has 0 saturated carbocycles. The summed E-state index contributed by atoms with van der Waals surface area (Å²) in [5.41, 5.74) is 2.06. The molecular weight excluding hydrogens is 464 g/mol. The van der Waals surface area contributed by atoms with Gasteiger partial charge in [0.2, 0.25) is 0 Å². The lowest BCUT2D eigenvalue weighted by Crippen LogP contribution is -2.29. The molecule has 9 nitrogen and oxygen atoms in total. The number of esters is 1. The third-order valence-corrected chi connectivity index (χ3v) is 5.71. The zero-order chi connectivity index (χ0) is 25.7. The van der Waals surface area contributed by atoms with Gasteiger partial charge in [-0.25, -0.2) is 4.79 Å². The van der Waals surface area contributed by atoms with Crippen molar-refractivity contribution in [3.63, 3.8) is 0 Å². The van der Waals surface area contributed by atoms with E-state index in [9.17, 15) is 19.2 Å². The minimum absolute atomic E-state index is 0.0317. The number of amides is 3. The van der Waals surface area contributed by atoms with E-state index in [0.29, 0.717) is 22.4 Å². The van der Waals surface area contributed by atoms with Crippen molar-refractivity contribution in [2.45, 2.75) is 13.1 Å². The van der Waals surface area contributed by atoms with Crippen molar-refractivity contribution in [2.24, 2.45) is 0 Å². The maximum Gasteiger partial charge on any atom is 0.342 e. The fraction of sp³-hybridized carbons (Fsp3) is 0.185. The number of carbonyl (C=O) groups is 4. The number of fused-ring (bicyclic) bond motifs is 1. The number of hydrogen-bond acceptors (Lipinski definition) is 7. The fourth-order valence-corrected chi connectivity index (χ4v) is 3.88. The minimum atomic E-state index is -0.775. The first-order chi connectivity index (χ1) is 17.4. The summed E-state index contributed by atoms with van der Waals surface area (Å²) in [4.78, 5) is 51.5. The lowest BCUT2D eigenvalue weighted by molar-refractivity contribution is -0.124. The number of nitrogens with one attached hydrogen (secondary N) is 1. The Bertz CT molecular complexity index is 1300. The monoisotopic (exact) mass is 488 g/mol. The van der Waals surface area contributed by atoms with Crippen LogP contribution in [0.5, 0.6) is 11.5 Å². The van der Waals surface area contributed by atoms with E-state index < -0.39 is 30.3 Å². The molecule has 0 saturated heterocycles. The van der Waals surface area contributed by atoms with E-state index in [0.717, 1.165) is 10.5 Å². The molecule has 0 spiro atoms. The second-order valence-electron chi connectivity index (χ2n) is 7.94. The lowest BCUT2D eigenvalue weighted by Gasteiger charge is -2.16. The molecule has 9 heteroatoms. The number of hydrogen-bond donors (Lipinski definition) is 1. The first kappa shape index (κ1) is 24.5. The molecule has 1 heterocycles. The number of carbonyl (C=O) groups excluding carboxylic acids is 4. The first-order valence-electron chi connectivity index (χ1n) is 11.1. The van der Waals surface area contributed by atoms with Gasteiger partial charge < -0.3 is 19.5 Å². The molecule has 1 aliphatic rings. The Balaban J connectivity index is 1.40. The van der Waals surface area contributed by atoms with E-state index >= 15 is 0 Å². The van der Waals surface area contributed by atoms with Crippen molar-refractivity contribution in [2.75, 3.05) is 20.8 Å². The first-order valence-corrected chi connectivity index (χ1v) is 11.1. The van der Waals surface area contributed by atoms with Crippen LogP contribution in [0.15, 0.2) is 66.7 Å². The molecular formula is C27H24N2O7. The number of para-hydroxylation sites is 1. The van der Waals surface area contributed by atoms with E-state index in [4.69, 9.17) is 14.2 Å². The standard InChI is InChI=1S/C27H24N2O7/c1-34-22-10-6-3-7-18(22)14-28-24(30)16-36-27(33)21-13-17(11-12-23(21)35-2)15-29-25(31)19-8-4-5-9-20(19)26(29)32/h3-13H,14-16H2,1-2H3,(H,28,30). The van der Waals surface area contributed by atoms with Gasteiger partial charge in [-0.1, -0.05) is 36.4 Å². The van der Waals surface area contributed by atoms with Gasteiger partial charge in [0, 0.05) is 12.1 Å². The Morgan fingerprint density at radius 3 is 2.14 bits per heavy atom. The highest BCUT2D eigenvalue weighted by molar-refractivity contribution is 6.21. The molecule has 1 aliphatic heterocycles. The summed E-state index contributed by atoms with van der Waals surface area (Å²) in [6, 6.07) is 18.5. The van der Waals surface area contributed by atoms with E-state index in [-0.39, 0.29) is 24.4 Å². The molecule has 0 aliphatic carbocycles. The number of rotatable bonds is 9. The number of imide groups is 1. The summed E-state index contributed by atoms with van der Waals surface area (Å²) < 4.78 is 15.7. The molecule has 36 heavy (non-hydrogen) atoms. The van der Waals surface area contributed by atoms with Crippen LogP contribution in [0.2, 0.25) is 0 Å². The molecule has 1 N–H and O–H groups in total. The topological polar surface area (TPSA) is 111 Å². The van der Waals surface area contributed by atoms with Gasteiger partial charge in [-0.3, -0.25) is 19.3 Å². The predicted molar refractivity (Wildman–Crippen MR) is 129 cm³/mol. The Morgan fingerprint density at radius 2 is 1.47 bits per heavy atom. The Hall–Kier alpha value is -4.66. The van der Waals surface area contributed by atoms with Crippen LogP contribution in [0.25, 0.3) is 0 Å². The minimum Gasteiger partial charge on any atom is -0.496 e. The molecule has 184 valence electrons. The van der Waals surface area contributed by atoms with Crippen molar-refractivity contribution in [3.05, 3.63) is 94.5 Å². The van der Waals surface area contributed by atoms with Crippen molar-refractivity contribution in [3.8, 4) is 11.5 Å². The number of ether oxygens (including phenoxy) is 3. The highest BCUT2D eigenvalue weighted by Crippen LogP contribution is 2.27. The summed E-state index contributed by atoms with van der Waals surface area (Å²) in [5, 5.41) is 2.68. The average Bonchev–Trinajstić information content (AvgIpc) is 3.15. The van der Waals surface area contributed by atoms with Gasteiger partial charge in [0.15, 0.2) is 6.61 Å². The molecule has 3 aromatic rings. The molecule has 0 aromatic heterocycles. The van der Waals surface area contributed by atoms with E-state index in [1.165, 1.54) is 20.3 Å². The summed E-state index contributed by atoms with van der Waals surface area (Å²) in [7, 11) is 2.94. The van der Waals surface area contributed by atoms with Gasteiger partial charge in [-0.05, 0) is 35.9 Å². The molecule has 4 rings (SSSR count). The van der Waals surface area contributed by atoms with E-state index in [1.807, 2.05) is 18.2 Å². The molecule has 3 aromatic carbocycles. The molecule has 0 bridgehead atoms. The molecule has 0 radical (unpaired) electrons. The maximum atomic E-state index is 12.8. The molecule has 0 unspecified atom stereocenters. The van der Waals surface area contributed by atoms with Crippen LogP contribution in [-0.4, -0.2) is 49.4 Å². The largest absolute Gasteiger partial charge is 0.496 e. The third kappa shape index (κ3) is 5.05. The van der Waals surface area contributed by atoms with Crippen LogP contribution >= 0.6 is 0 Å². The second kappa shape index (κ2) is 10.7. The Labute approximate surface area is 207 Å². The zero-order valence-corrected chi connectivity index (χ0v) is 19.8. The van der Waals surface area contributed by atoms with Gasteiger partial charge in [0.05, 0.1) is 31.9 Å². The quantitative estimate of drug-likeness (QED) is 0.364. The highest BCUT2D eigenvalue weighted by atomic mass is 16.5. The summed E-state index contributed by atoms with van der Waals surface area (Å²) in [6.45, 7) is -0.324. The van der Waals surface area contributed by atoms with Gasteiger partial charge in [0.1, 0.15) is 17.1 Å². The van der Waals surface area contributed by atoms with Crippen LogP contribution in [0, 0.1) is 0 Å². The Kier molecular flexibility index (Phi) is 7.29. The zero-order valence-electron chi connectivity index (χ0n) is 19.8.